The first-order valence-electron chi connectivity index (χ1n) is 6.58. The molecule has 4 nitrogen and oxygen atoms in total. The van der Waals surface area contributed by atoms with Crippen LogP contribution in [0.15, 0.2) is 41.6 Å². The van der Waals surface area contributed by atoms with Crippen molar-refractivity contribution in [2.45, 2.75) is 20.4 Å². The quantitative estimate of drug-likeness (QED) is 0.350. The maximum Gasteiger partial charge on any atom is 0.170 e. The van der Waals surface area contributed by atoms with Crippen LogP contribution in [0.2, 0.25) is 0 Å². The van der Waals surface area contributed by atoms with Crippen LogP contribution in [0.25, 0.3) is 0 Å². The molecule has 0 fully saturated rings. The lowest BCUT2D eigenvalue weighted by Crippen LogP contribution is -2.14. The molecular weight excluding hydrogens is 269 g/mol. The number of nitrogens with two attached hydrogens (primary N) is 1. The number of halogens is 1. The molecule has 2 aromatic carbocycles. The lowest BCUT2D eigenvalue weighted by atomic mass is 10.1. The Morgan fingerprint density at radius 3 is 2.67 bits per heavy atom. The topological polar surface area (TPSA) is 70.6 Å². The summed E-state index contributed by atoms with van der Waals surface area (Å²) in [6, 6.07) is 10.4. The van der Waals surface area contributed by atoms with Gasteiger partial charge in [-0.05, 0) is 49.2 Å². The highest BCUT2D eigenvalue weighted by atomic mass is 19.1. The van der Waals surface area contributed by atoms with Gasteiger partial charge in [0.15, 0.2) is 5.84 Å². The highest BCUT2D eigenvalue weighted by Crippen LogP contribution is 2.18. The second kappa shape index (κ2) is 6.26. The summed E-state index contributed by atoms with van der Waals surface area (Å²) in [7, 11) is 0. The Hall–Kier alpha value is -2.56. The lowest BCUT2D eigenvalue weighted by molar-refractivity contribution is 0.318. The van der Waals surface area contributed by atoms with E-state index in [1.54, 1.807) is 6.07 Å². The molecule has 0 heterocycles. The van der Waals surface area contributed by atoms with Crippen molar-refractivity contribution in [2.75, 3.05) is 5.32 Å². The van der Waals surface area contributed by atoms with Crippen LogP contribution in [0.4, 0.5) is 10.1 Å². The number of nitrogens with zero attached hydrogens (tertiary/aromatic N) is 1. The summed E-state index contributed by atoms with van der Waals surface area (Å²) in [4.78, 5) is 0. The number of anilines is 1. The number of hydrogen-bond donors (Lipinski definition) is 3. The molecule has 0 atom stereocenters. The molecule has 0 aromatic heterocycles. The van der Waals surface area contributed by atoms with Gasteiger partial charge in [-0.15, -0.1) is 0 Å². The van der Waals surface area contributed by atoms with Gasteiger partial charge in [-0.3, -0.25) is 0 Å². The van der Waals surface area contributed by atoms with Crippen LogP contribution < -0.4 is 11.1 Å². The van der Waals surface area contributed by atoms with Gasteiger partial charge in [0.05, 0.1) is 0 Å². The molecule has 0 spiro atoms. The van der Waals surface area contributed by atoms with Gasteiger partial charge in [0.2, 0.25) is 0 Å². The molecule has 2 rings (SSSR count). The molecule has 5 heteroatoms. The maximum absolute atomic E-state index is 13.6. The lowest BCUT2D eigenvalue weighted by Gasteiger charge is -2.11. The number of rotatable bonds is 4. The van der Waals surface area contributed by atoms with E-state index >= 15 is 0 Å². The second-order valence-electron chi connectivity index (χ2n) is 5.01. The minimum absolute atomic E-state index is 0.109. The number of amidine groups is 1. The molecule has 2 aromatic rings. The summed E-state index contributed by atoms with van der Waals surface area (Å²) in [6.45, 7) is 4.50. The summed E-state index contributed by atoms with van der Waals surface area (Å²) in [5.74, 6) is -0.529. The van der Waals surface area contributed by atoms with Crippen LogP contribution in [0.5, 0.6) is 0 Å². The summed E-state index contributed by atoms with van der Waals surface area (Å²) < 4.78 is 13.6. The van der Waals surface area contributed by atoms with Crippen molar-refractivity contribution in [3.05, 3.63) is 64.5 Å². The Bertz CT molecular complexity index is 683. The summed E-state index contributed by atoms with van der Waals surface area (Å²) in [5, 5.41) is 14.8. The first kappa shape index (κ1) is 14.8. The Balaban J connectivity index is 2.18. The van der Waals surface area contributed by atoms with Crippen LogP contribution in [-0.2, 0) is 6.54 Å². The molecule has 0 aliphatic heterocycles. The van der Waals surface area contributed by atoms with E-state index in [0.717, 1.165) is 16.8 Å². The van der Waals surface area contributed by atoms with Crippen LogP contribution in [0.3, 0.4) is 0 Å². The number of oxime groups is 1. The van der Waals surface area contributed by atoms with Crippen molar-refractivity contribution in [3.63, 3.8) is 0 Å². The number of benzene rings is 2. The fourth-order valence-corrected chi connectivity index (χ4v) is 2.17. The van der Waals surface area contributed by atoms with Gasteiger partial charge in [-0.25, -0.2) is 4.39 Å². The fourth-order valence-electron chi connectivity index (χ4n) is 2.17. The average Bonchev–Trinajstić information content (AvgIpc) is 2.45. The minimum Gasteiger partial charge on any atom is -0.409 e. The molecule has 0 saturated carbocycles. The molecule has 0 aliphatic carbocycles. The third-order valence-electron chi connectivity index (χ3n) is 3.23. The van der Waals surface area contributed by atoms with E-state index in [1.165, 1.54) is 17.7 Å². The first-order valence-corrected chi connectivity index (χ1v) is 6.58. The molecule has 0 amide bonds. The smallest absolute Gasteiger partial charge is 0.170 e. The van der Waals surface area contributed by atoms with Crippen LogP contribution in [0.1, 0.15) is 22.3 Å². The van der Waals surface area contributed by atoms with E-state index in [0.29, 0.717) is 12.1 Å². The van der Waals surface area contributed by atoms with Crippen molar-refractivity contribution in [3.8, 4) is 0 Å². The molecule has 0 aliphatic rings. The van der Waals surface area contributed by atoms with Gasteiger partial charge in [-0.1, -0.05) is 22.9 Å². The Labute approximate surface area is 123 Å². The minimum atomic E-state index is -0.420. The van der Waals surface area contributed by atoms with Crippen LogP contribution in [-0.4, -0.2) is 11.0 Å². The van der Waals surface area contributed by atoms with Gasteiger partial charge in [0, 0.05) is 17.8 Å². The van der Waals surface area contributed by atoms with E-state index < -0.39 is 5.82 Å². The molecular formula is C16H18FN3O. The fraction of sp³-hybridized carbons (Fsp3) is 0.188. The average molecular weight is 287 g/mol. The zero-order valence-corrected chi connectivity index (χ0v) is 12.0. The molecule has 0 saturated heterocycles. The number of nitrogens with one attached hydrogen (secondary N) is 1. The summed E-state index contributed by atoms with van der Waals surface area (Å²) in [6.07, 6.45) is 0. The maximum atomic E-state index is 13.6. The standard InChI is InChI=1S/C16H18FN3O/c1-10-3-4-15(11(2)5-10)19-9-12-6-13(16(18)20-21)8-14(17)7-12/h3-8,19,21H,9H2,1-2H3,(H2,18,20). The van der Waals surface area contributed by atoms with Crippen LogP contribution >= 0.6 is 0 Å². The Morgan fingerprint density at radius 2 is 2.00 bits per heavy atom. The number of hydrogen-bond acceptors (Lipinski definition) is 3. The molecule has 4 N–H and O–H groups in total. The van der Waals surface area contributed by atoms with Crippen molar-refractivity contribution in [2.24, 2.45) is 10.9 Å². The predicted octanol–water partition coefficient (Wildman–Crippen LogP) is 3.15. The van der Waals surface area contributed by atoms with Crippen molar-refractivity contribution in [1.82, 2.24) is 0 Å². The highest BCUT2D eigenvalue weighted by Gasteiger charge is 2.05. The van der Waals surface area contributed by atoms with Gasteiger partial charge in [0.1, 0.15) is 5.82 Å². The zero-order valence-electron chi connectivity index (χ0n) is 12.0. The van der Waals surface area contributed by atoms with Crippen molar-refractivity contribution < 1.29 is 9.60 Å². The van der Waals surface area contributed by atoms with E-state index in [1.807, 2.05) is 26.0 Å². The molecule has 21 heavy (non-hydrogen) atoms. The first-order chi connectivity index (χ1) is 9.99. The zero-order chi connectivity index (χ0) is 15.4. The van der Waals surface area contributed by atoms with Gasteiger partial charge in [-0.2, -0.15) is 0 Å². The molecule has 0 unspecified atom stereocenters. The Kier molecular flexibility index (Phi) is 4.42. The second-order valence-corrected chi connectivity index (χ2v) is 5.01. The third-order valence-corrected chi connectivity index (χ3v) is 3.23. The van der Waals surface area contributed by atoms with E-state index in [-0.39, 0.29) is 5.84 Å². The Morgan fingerprint density at radius 1 is 1.24 bits per heavy atom. The molecule has 110 valence electrons. The van der Waals surface area contributed by atoms with E-state index in [4.69, 9.17) is 10.9 Å². The predicted molar refractivity (Wildman–Crippen MR) is 82.2 cm³/mol. The van der Waals surface area contributed by atoms with Crippen LogP contribution in [0, 0.1) is 19.7 Å². The highest BCUT2D eigenvalue weighted by molar-refractivity contribution is 5.97. The number of aryl methyl sites for hydroxylation is 2. The third kappa shape index (κ3) is 3.72. The molecule has 0 radical (unpaired) electrons. The largest absolute Gasteiger partial charge is 0.409 e. The van der Waals surface area contributed by atoms with E-state index in [2.05, 4.69) is 16.5 Å². The van der Waals surface area contributed by atoms with Gasteiger partial charge in [0.25, 0.3) is 0 Å². The van der Waals surface area contributed by atoms with E-state index in [9.17, 15) is 4.39 Å². The van der Waals surface area contributed by atoms with Gasteiger partial charge >= 0.3 is 0 Å². The SMILES string of the molecule is Cc1ccc(NCc2cc(F)cc(/C(N)=N/O)c2)c(C)c1. The monoisotopic (exact) mass is 287 g/mol. The normalized spacial score (nSPS) is 11.5. The van der Waals surface area contributed by atoms with Crippen molar-refractivity contribution >= 4 is 11.5 Å². The molecule has 0 bridgehead atoms. The van der Waals surface area contributed by atoms with Gasteiger partial charge < -0.3 is 16.3 Å². The summed E-state index contributed by atoms with van der Waals surface area (Å²) >= 11 is 0. The van der Waals surface area contributed by atoms with Crippen molar-refractivity contribution in [1.29, 1.82) is 0 Å². The summed E-state index contributed by atoms with van der Waals surface area (Å²) in [5.41, 5.74) is 9.88.